The Labute approximate surface area is 156 Å². The number of nitrogens with zero attached hydrogens (tertiary/aromatic N) is 1. The van der Waals surface area contributed by atoms with Gasteiger partial charge in [0, 0.05) is 11.3 Å². The van der Waals surface area contributed by atoms with Crippen LogP contribution in [0.1, 0.15) is 49.9 Å². The zero-order valence-corrected chi connectivity index (χ0v) is 15.8. The van der Waals surface area contributed by atoms with Crippen LogP contribution < -0.4 is 20.1 Å². The van der Waals surface area contributed by atoms with Gasteiger partial charge in [0.15, 0.2) is 16.6 Å². The van der Waals surface area contributed by atoms with Crippen molar-refractivity contribution >= 4 is 22.5 Å². The Morgan fingerprint density at radius 3 is 2.73 bits per heavy atom. The Kier molecular flexibility index (Phi) is 4.72. The van der Waals surface area contributed by atoms with Gasteiger partial charge in [-0.3, -0.25) is 5.32 Å². The predicted octanol–water partition coefficient (Wildman–Crippen LogP) is 4.31. The van der Waals surface area contributed by atoms with Crippen molar-refractivity contribution in [2.45, 2.75) is 38.6 Å². The third-order valence-corrected chi connectivity index (χ3v) is 5.39. The summed E-state index contributed by atoms with van der Waals surface area (Å²) < 4.78 is 11.2. The van der Waals surface area contributed by atoms with Crippen LogP contribution in [0.15, 0.2) is 23.6 Å². The van der Waals surface area contributed by atoms with Crippen molar-refractivity contribution in [3.63, 3.8) is 0 Å². The zero-order chi connectivity index (χ0) is 18.1. The molecule has 0 radical (unpaired) electrons. The van der Waals surface area contributed by atoms with E-state index in [-0.39, 0.29) is 18.0 Å². The van der Waals surface area contributed by atoms with Crippen molar-refractivity contribution < 1.29 is 14.3 Å². The molecule has 2 aromatic rings. The quantitative estimate of drug-likeness (QED) is 0.819. The topological polar surface area (TPSA) is 72.5 Å². The maximum absolute atomic E-state index is 12.5. The SMILES string of the molecule is CC(C)C(NC(=O)Nc1nc(C2CC2)cs1)c1ccc2c(c1)OCCO2. The van der Waals surface area contributed by atoms with E-state index in [1.807, 2.05) is 23.6 Å². The summed E-state index contributed by atoms with van der Waals surface area (Å²) >= 11 is 1.48. The van der Waals surface area contributed by atoms with Crippen LogP contribution in [0.25, 0.3) is 0 Å². The van der Waals surface area contributed by atoms with Crippen LogP contribution in [0.5, 0.6) is 11.5 Å². The lowest BCUT2D eigenvalue weighted by Crippen LogP contribution is -2.35. The molecule has 2 amide bonds. The highest BCUT2D eigenvalue weighted by molar-refractivity contribution is 7.13. The molecule has 2 aliphatic rings. The number of fused-ring (bicyclic) bond motifs is 1. The van der Waals surface area contributed by atoms with E-state index < -0.39 is 0 Å². The Balaban J connectivity index is 1.45. The Morgan fingerprint density at radius 1 is 1.23 bits per heavy atom. The molecular formula is C19H23N3O3S. The minimum atomic E-state index is -0.240. The summed E-state index contributed by atoms with van der Waals surface area (Å²) in [6.45, 7) is 5.27. The number of ether oxygens (including phenoxy) is 2. The van der Waals surface area contributed by atoms with Gasteiger partial charge in [-0.25, -0.2) is 9.78 Å². The van der Waals surface area contributed by atoms with Gasteiger partial charge >= 0.3 is 6.03 Å². The molecule has 7 heteroatoms. The lowest BCUT2D eigenvalue weighted by atomic mass is 9.95. The molecule has 26 heavy (non-hydrogen) atoms. The largest absolute Gasteiger partial charge is 0.486 e. The first kappa shape index (κ1) is 17.1. The molecule has 2 heterocycles. The molecule has 0 spiro atoms. The number of anilines is 1. The number of nitrogens with one attached hydrogen (secondary N) is 2. The van der Waals surface area contributed by atoms with Gasteiger partial charge in [0.1, 0.15) is 13.2 Å². The predicted molar refractivity (Wildman–Crippen MR) is 101 cm³/mol. The summed E-state index contributed by atoms with van der Waals surface area (Å²) in [7, 11) is 0. The third-order valence-electron chi connectivity index (χ3n) is 4.62. The van der Waals surface area contributed by atoms with Crippen LogP contribution in [0, 0.1) is 5.92 Å². The van der Waals surface area contributed by atoms with Gasteiger partial charge in [-0.15, -0.1) is 11.3 Å². The molecule has 0 saturated heterocycles. The van der Waals surface area contributed by atoms with Crippen molar-refractivity contribution in [3.05, 3.63) is 34.8 Å². The summed E-state index contributed by atoms with van der Waals surface area (Å²) in [5.41, 5.74) is 2.09. The molecular weight excluding hydrogens is 350 g/mol. The van der Waals surface area contributed by atoms with Gasteiger partial charge in [0.2, 0.25) is 0 Å². The van der Waals surface area contributed by atoms with E-state index in [1.54, 1.807) is 0 Å². The van der Waals surface area contributed by atoms with Crippen molar-refractivity contribution in [2.75, 3.05) is 18.5 Å². The van der Waals surface area contributed by atoms with Crippen molar-refractivity contribution in [3.8, 4) is 11.5 Å². The minimum Gasteiger partial charge on any atom is -0.486 e. The van der Waals surface area contributed by atoms with Crippen LogP contribution in [-0.4, -0.2) is 24.2 Å². The van der Waals surface area contributed by atoms with E-state index in [2.05, 4.69) is 29.5 Å². The standard InChI is InChI=1S/C19H23N3O3S/c1-11(2)17(13-5-6-15-16(9-13)25-8-7-24-15)21-18(23)22-19-20-14(10-26-19)12-3-4-12/h5-6,9-12,17H,3-4,7-8H2,1-2H3,(H2,20,21,22,23). The Morgan fingerprint density at radius 2 is 2.00 bits per heavy atom. The number of hydrogen-bond donors (Lipinski definition) is 2. The fourth-order valence-electron chi connectivity index (χ4n) is 3.07. The van der Waals surface area contributed by atoms with Crippen LogP contribution in [0.2, 0.25) is 0 Å². The first-order valence-corrected chi connectivity index (χ1v) is 9.90. The van der Waals surface area contributed by atoms with E-state index in [9.17, 15) is 4.79 Å². The lowest BCUT2D eigenvalue weighted by molar-refractivity contribution is 0.171. The summed E-state index contributed by atoms with van der Waals surface area (Å²) in [6, 6.07) is 5.46. The number of benzene rings is 1. The summed E-state index contributed by atoms with van der Waals surface area (Å²) in [4.78, 5) is 17.0. The van der Waals surface area contributed by atoms with Crippen LogP contribution >= 0.6 is 11.3 Å². The average molecular weight is 373 g/mol. The number of rotatable bonds is 5. The fraction of sp³-hybridized carbons (Fsp3) is 0.474. The van der Waals surface area contributed by atoms with E-state index in [4.69, 9.17) is 9.47 Å². The molecule has 1 aliphatic heterocycles. The normalized spacial score (nSPS) is 17.0. The number of urea groups is 1. The summed E-state index contributed by atoms with van der Waals surface area (Å²) in [5.74, 6) is 2.30. The van der Waals surface area contributed by atoms with Crippen molar-refractivity contribution in [2.24, 2.45) is 5.92 Å². The lowest BCUT2D eigenvalue weighted by Gasteiger charge is -2.25. The maximum atomic E-state index is 12.5. The molecule has 1 aliphatic carbocycles. The van der Waals surface area contributed by atoms with Gasteiger partial charge in [0.05, 0.1) is 11.7 Å². The molecule has 1 unspecified atom stereocenters. The Bertz CT molecular complexity index is 801. The highest BCUT2D eigenvalue weighted by atomic mass is 32.1. The van der Waals surface area contributed by atoms with Crippen LogP contribution in [0.4, 0.5) is 9.93 Å². The molecule has 6 nitrogen and oxygen atoms in total. The molecule has 1 fully saturated rings. The zero-order valence-electron chi connectivity index (χ0n) is 15.0. The summed E-state index contributed by atoms with van der Waals surface area (Å²) in [6.07, 6.45) is 2.41. The van der Waals surface area contributed by atoms with Crippen LogP contribution in [-0.2, 0) is 0 Å². The first-order chi connectivity index (χ1) is 12.6. The van der Waals surface area contributed by atoms with Gasteiger partial charge in [-0.2, -0.15) is 0 Å². The monoisotopic (exact) mass is 373 g/mol. The van der Waals surface area contributed by atoms with Gasteiger partial charge in [0.25, 0.3) is 0 Å². The third kappa shape index (κ3) is 3.77. The van der Waals surface area contributed by atoms with E-state index >= 15 is 0 Å². The number of aromatic nitrogens is 1. The van der Waals surface area contributed by atoms with E-state index in [0.717, 1.165) is 22.8 Å². The molecule has 4 rings (SSSR count). The second kappa shape index (κ2) is 7.15. The number of carbonyl (C=O) groups excluding carboxylic acids is 1. The molecule has 138 valence electrons. The van der Waals surface area contributed by atoms with Gasteiger partial charge in [-0.05, 0) is 36.5 Å². The van der Waals surface area contributed by atoms with E-state index in [1.165, 1.54) is 24.2 Å². The van der Waals surface area contributed by atoms with Gasteiger partial charge in [-0.1, -0.05) is 19.9 Å². The maximum Gasteiger partial charge on any atom is 0.321 e. The molecule has 1 atom stereocenters. The highest BCUT2D eigenvalue weighted by Gasteiger charge is 2.27. The molecule has 0 bridgehead atoms. The average Bonchev–Trinajstić information content (AvgIpc) is 3.39. The second-order valence-corrected chi connectivity index (χ2v) is 7.93. The summed E-state index contributed by atoms with van der Waals surface area (Å²) in [5, 5.41) is 8.61. The molecule has 1 saturated carbocycles. The number of hydrogen-bond acceptors (Lipinski definition) is 5. The van der Waals surface area contributed by atoms with Crippen molar-refractivity contribution in [1.29, 1.82) is 0 Å². The number of amides is 2. The second-order valence-electron chi connectivity index (χ2n) is 7.08. The van der Waals surface area contributed by atoms with Crippen LogP contribution in [0.3, 0.4) is 0 Å². The Hall–Kier alpha value is -2.28. The van der Waals surface area contributed by atoms with E-state index in [0.29, 0.717) is 24.3 Å². The highest BCUT2D eigenvalue weighted by Crippen LogP contribution is 2.41. The van der Waals surface area contributed by atoms with Crippen molar-refractivity contribution in [1.82, 2.24) is 10.3 Å². The molecule has 2 N–H and O–H groups in total. The smallest absolute Gasteiger partial charge is 0.321 e. The fourth-order valence-corrected chi connectivity index (χ4v) is 3.86. The number of thiazole rings is 1. The molecule has 1 aromatic carbocycles. The van der Waals surface area contributed by atoms with Gasteiger partial charge < -0.3 is 14.8 Å². The first-order valence-electron chi connectivity index (χ1n) is 9.02. The number of carbonyl (C=O) groups is 1. The minimum absolute atomic E-state index is 0.131. The molecule has 1 aromatic heterocycles.